The third-order valence-corrected chi connectivity index (χ3v) is 5.06. The summed E-state index contributed by atoms with van der Waals surface area (Å²) in [6, 6.07) is 6.52. The van der Waals surface area contributed by atoms with Crippen molar-refractivity contribution in [2.45, 2.75) is 24.8 Å². The molecule has 7 nitrogen and oxygen atoms in total. The van der Waals surface area contributed by atoms with E-state index in [0.717, 1.165) is 5.69 Å². The highest BCUT2D eigenvalue weighted by Crippen LogP contribution is 2.18. The molecular weight excluding hydrogens is 316 g/mol. The van der Waals surface area contributed by atoms with E-state index >= 15 is 0 Å². The van der Waals surface area contributed by atoms with Crippen molar-refractivity contribution in [2.24, 2.45) is 0 Å². The summed E-state index contributed by atoms with van der Waals surface area (Å²) < 4.78 is 30.9. The Balaban J connectivity index is 2.03. The first-order valence-electron chi connectivity index (χ1n) is 7.20. The van der Waals surface area contributed by atoms with Crippen LogP contribution in [-0.2, 0) is 23.0 Å². The molecule has 0 spiro atoms. The van der Waals surface area contributed by atoms with Gasteiger partial charge in [0.05, 0.1) is 11.4 Å². The summed E-state index contributed by atoms with van der Waals surface area (Å²) in [5.41, 5.74) is 0.770. The number of hydrogen-bond acceptors (Lipinski definition) is 6. The number of nitrogens with zero attached hydrogens (tertiary/aromatic N) is 3. The zero-order chi connectivity index (χ0) is 16.9. The van der Waals surface area contributed by atoms with Crippen molar-refractivity contribution in [3.63, 3.8) is 0 Å². The first-order valence-corrected chi connectivity index (χ1v) is 8.64. The number of likely N-dealkylation sites (N-methyl/N-ethyl adjacent to an activating group) is 1. The van der Waals surface area contributed by atoms with Crippen LogP contribution in [0.3, 0.4) is 0 Å². The van der Waals surface area contributed by atoms with Gasteiger partial charge in [0, 0.05) is 25.7 Å². The standard InChI is InChI=1S/C15H20N4O3S/c1-4-10-19(3)23(20,21)13-8-6-12(7-9-13)16-11-15-17-14(5-2)18-22-15/h4,6-9,16H,1,5,10-11H2,2-3H3. The Kier molecular flexibility index (Phi) is 5.51. The number of rotatable bonds is 8. The summed E-state index contributed by atoms with van der Waals surface area (Å²) in [6.07, 6.45) is 2.26. The van der Waals surface area contributed by atoms with Gasteiger partial charge in [0.1, 0.15) is 0 Å². The molecule has 0 unspecified atom stereocenters. The van der Waals surface area contributed by atoms with E-state index in [2.05, 4.69) is 22.0 Å². The van der Waals surface area contributed by atoms with Crippen LogP contribution < -0.4 is 5.32 Å². The number of aryl methyl sites for hydroxylation is 1. The van der Waals surface area contributed by atoms with Gasteiger partial charge in [-0.1, -0.05) is 18.2 Å². The van der Waals surface area contributed by atoms with E-state index in [-0.39, 0.29) is 11.4 Å². The van der Waals surface area contributed by atoms with Crippen molar-refractivity contribution in [1.82, 2.24) is 14.4 Å². The molecule has 1 aromatic carbocycles. The van der Waals surface area contributed by atoms with E-state index in [0.29, 0.717) is 24.7 Å². The highest BCUT2D eigenvalue weighted by molar-refractivity contribution is 7.89. The Morgan fingerprint density at radius 3 is 2.61 bits per heavy atom. The van der Waals surface area contributed by atoms with Crippen LogP contribution in [0.2, 0.25) is 0 Å². The number of benzene rings is 1. The Hall–Kier alpha value is -2.19. The van der Waals surface area contributed by atoms with Crippen molar-refractivity contribution >= 4 is 15.7 Å². The molecule has 0 bridgehead atoms. The Morgan fingerprint density at radius 1 is 1.35 bits per heavy atom. The number of aromatic nitrogens is 2. The topological polar surface area (TPSA) is 88.3 Å². The van der Waals surface area contributed by atoms with Gasteiger partial charge in [0.15, 0.2) is 5.82 Å². The Labute approximate surface area is 136 Å². The summed E-state index contributed by atoms with van der Waals surface area (Å²) in [4.78, 5) is 4.43. The van der Waals surface area contributed by atoms with Crippen LogP contribution >= 0.6 is 0 Å². The van der Waals surface area contributed by atoms with Crippen molar-refractivity contribution in [1.29, 1.82) is 0 Å². The maximum absolute atomic E-state index is 12.3. The predicted octanol–water partition coefficient (Wildman–Crippen LogP) is 2.05. The molecule has 0 atom stereocenters. The molecule has 0 amide bonds. The second kappa shape index (κ2) is 7.38. The van der Waals surface area contributed by atoms with Crippen LogP contribution in [0.1, 0.15) is 18.6 Å². The van der Waals surface area contributed by atoms with E-state index < -0.39 is 10.0 Å². The fraction of sp³-hybridized carbons (Fsp3) is 0.333. The molecule has 124 valence electrons. The number of hydrogen-bond donors (Lipinski definition) is 1. The Bertz CT molecular complexity index is 753. The second-order valence-corrected chi connectivity index (χ2v) is 6.95. The van der Waals surface area contributed by atoms with Crippen LogP contribution in [0.15, 0.2) is 46.3 Å². The highest BCUT2D eigenvalue weighted by Gasteiger charge is 2.19. The smallest absolute Gasteiger partial charge is 0.245 e. The molecule has 0 aliphatic rings. The van der Waals surface area contributed by atoms with Crippen LogP contribution in [0.5, 0.6) is 0 Å². The van der Waals surface area contributed by atoms with Gasteiger partial charge in [-0.25, -0.2) is 8.42 Å². The third-order valence-electron chi connectivity index (χ3n) is 3.22. The normalized spacial score (nSPS) is 11.6. The van der Waals surface area contributed by atoms with Crippen LogP contribution in [0.4, 0.5) is 5.69 Å². The molecule has 23 heavy (non-hydrogen) atoms. The minimum absolute atomic E-state index is 0.235. The maximum atomic E-state index is 12.3. The van der Waals surface area contributed by atoms with E-state index in [1.165, 1.54) is 11.4 Å². The molecule has 0 aliphatic carbocycles. The van der Waals surface area contributed by atoms with E-state index in [4.69, 9.17) is 4.52 Å². The summed E-state index contributed by atoms with van der Waals surface area (Å²) in [5, 5.41) is 6.92. The Morgan fingerprint density at radius 2 is 2.04 bits per heavy atom. The lowest BCUT2D eigenvalue weighted by atomic mass is 10.3. The molecule has 0 aliphatic heterocycles. The molecule has 1 aromatic heterocycles. The van der Waals surface area contributed by atoms with Crippen molar-refractivity contribution in [3.8, 4) is 0 Å². The molecule has 2 rings (SSSR count). The van der Waals surface area contributed by atoms with Crippen molar-refractivity contribution in [3.05, 3.63) is 48.6 Å². The quantitative estimate of drug-likeness (QED) is 0.742. The first kappa shape index (κ1) is 17.2. The maximum Gasteiger partial charge on any atom is 0.245 e. The number of nitrogens with one attached hydrogen (secondary N) is 1. The summed E-state index contributed by atoms with van der Waals surface area (Å²) in [5.74, 6) is 1.15. The molecule has 0 saturated carbocycles. The zero-order valence-corrected chi connectivity index (χ0v) is 14.0. The fourth-order valence-electron chi connectivity index (χ4n) is 1.89. The third kappa shape index (κ3) is 4.17. The molecule has 8 heteroatoms. The SMILES string of the molecule is C=CCN(C)S(=O)(=O)c1ccc(NCc2nc(CC)no2)cc1. The summed E-state index contributed by atoms with van der Waals surface area (Å²) in [6.45, 7) is 6.14. The lowest BCUT2D eigenvalue weighted by Crippen LogP contribution is -2.26. The second-order valence-electron chi connectivity index (χ2n) is 4.91. The van der Waals surface area contributed by atoms with Gasteiger partial charge in [0.25, 0.3) is 0 Å². The van der Waals surface area contributed by atoms with Gasteiger partial charge in [-0.15, -0.1) is 6.58 Å². The highest BCUT2D eigenvalue weighted by atomic mass is 32.2. The lowest BCUT2D eigenvalue weighted by Gasteiger charge is -2.15. The van der Waals surface area contributed by atoms with Crippen LogP contribution in [-0.4, -0.2) is 36.5 Å². The molecular formula is C15H20N4O3S. The van der Waals surface area contributed by atoms with Gasteiger partial charge in [-0.3, -0.25) is 0 Å². The largest absolute Gasteiger partial charge is 0.376 e. The minimum atomic E-state index is -3.49. The molecule has 0 saturated heterocycles. The van der Waals surface area contributed by atoms with E-state index in [1.807, 2.05) is 6.92 Å². The van der Waals surface area contributed by atoms with Gasteiger partial charge in [0.2, 0.25) is 15.9 Å². The predicted molar refractivity (Wildman–Crippen MR) is 87.5 cm³/mol. The molecule has 1 N–H and O–H groups in total. The average Bonchev–Trinajstić information content (AvgIpc) is 3.01. The van der Waals surface area contributed by atoms with Crippen molar-refractivity contribution < 1.29 is 12.9 Å². The zero-order valence-electron chi connectivity index (χ0n) is 13.2. The van der Waals surface area contributed by atoms with Gasteiger partial charge >= 0.3 is 0 Å². The number of sulfonamides is 1. The van der Waals surface area contributed by atoms with Gasteiger partial charge in [-0.05, 0) is 24.3 Å². The summed E-state index contributed by atoms with van der Waals surface area (Å²) in [7, 11) is -1.97. The first-order chi connectivity index (χ1) is 11.0. The number of anilines is 1. The average molecular weight is 336 g/mol. The van der Waals surface area contributed by atoms with Crippen LogP contribution in [0, 0.1) is 0 Å². The van der Waals surface area contributed by atoms with Crippen LogP contribution in [0.25, 0.3) is 0 Å². The molecule has 0 radical (unpaired) electrons. The van der Waals surface area contributed by atoms with Crippen molar-refractivity contribution in [2.75, 3.05) is 18.9 Å². The molecule has 0 fully saturated rings. The molecule has 2 aromatic rings. The van der Waals surface area contributed by atoms with Gasteiger partial charge in [-0.2, -0.15) is 9.29 Å². The minimum Gasteiger partial charge on any atom is -0.376 e. The van der Waals surface area contributed by atoms with E-state index in [1.54, 1.807) is 30.3 Å². The molecule has 1 heterocycles. The fourth-order valence-corrected chi connectivity index (χ4v) is 3.03. The van der Waals surface area contributed by atoms with E-state index in [9.17, 15) is 8.42 Å². The summed E-state index contributed by atoms with van der Waals surface area (Å²) >= 11 is 0. The lowest BCUT2D eigenvalue weighted by molar-refractivity contribution is 0.378. The monoisotopic (exact) mass is 336 g/mol. The van der Waals surface area contributed by atoms with Gasteiger partial charge < -0.3 is 9.84 Å².